The Balaban J connectivity index is 1.31. The molecule has 0 aromatic carbocycles. The molecule has 8 nitrogen and oxygen atoms in total. The highest BCUT2D eigenvalue weighted by Gasteiger charge is 2.64. The quantitative estimate of drug-likeness (QED) is 0.223. The molecule has 250 valence electrons. The zero-order chi connectivity index (χ0) is 32.3. The van der Waals surface area contributed by atoms with E-state index in [0.717, 1.165) is 44.9 Å². The van der Waals surface area contributed by atoms with E-state index in [1.54, 1.807) is 6.92 Å². The van der Waals surface area contributed by atoms with Gasteiger partial charge in [-0.25, -0.2) is 0 Å². The number of esters is 1. The van der Waals surface area contributed by atoms with Crippen molar-refractivity contribution in [3.05, 3.63) is 23.8 Å². The molecule has 1 saturated heterocycles. The predicted octanol–water partition coefficient (Wildman–Crippen LogP) is 4.92. The predicted molar refractivity (Wildman–Crippen MR) is 167 cm³/mol. The lowest BCUT2D eigenvalue weighted by molar-refractivity contribution is -0.308. The monoisotopic (exact) mass is 618 g/mol. The first-order valence-electron chi connectivity index (χ1n) is 17.2. The number of aliphatic hydroxyl groups excluding tert-OH is 4. The summed E-state index contributed by atoms with van der Waals surface area (Å²) in [7, 11) is 0. The van der Waals surface area contributed by atoms with E-state index in [9.17, 15) is 25.2 Å². The standard InChI is InChI=1S/C36H58O8/c1-18(2)19(3)9-10-20(4)29-27(38)16-26-25-12-11-23-15-24(13-14-35(23,7)30(25)28(39)17-36(26,29)8)44-34-33(43-22(6)37)32(41)31(40)21(5)42-34/h11,18,20-21,24-34,38-41H,3,9-10,12-17H2,1-2,4-8H3. The van der Waals surface area contributed by atoms with Crippen LogP contribution in [-0.4, -0.2) is 75.4 Å². The number of carbonyl (C=O) groups excluding carboxylic acids is 1. The SMILES string of the molecule is C=C(CCC(C)C1C(O)CC2C3CC=C4CC(OC5OC(C)C(O)C(O)C5OC(C)=O)CCC4(C)C3C(O)CC21C)C(C)C. The third-order valence-corrected chi connectivity index (χ3v) is 12.9. The van der Waals surface area contributed by atoms with Crippen LogP contribution in [0, 0.1) is 46.3 Å². The number of hydrogen-bond donors (Lipinski definition) is 4. The lowest BCUT2D eigenvalue weighted by Crippen LogP contribution is -2.60. The van der Waals surface area contributed by atoms with Crippen molar-refractivity contribution in [2.75, 3.05) is 0 Å². The van der Waals surface area contributed by atoms with Crippen LogP contribution in [0.5, 0.6) is 0 Å². The van der Waals surface area contributed by atoms with Gasteiger partial charge in [0.1, 0.15) is 12.2 Å². The number of aliphatic hydroxyl groups is 4. The van der Waals surface area contributed by atoms with Crippen molar-refractivity contribution in [1.82, 2.24) is 0 Å². The molecule has 1 heterocycles. The fraction of sp³-hybridized carbons (Fsp3) is 0.861. The number of fused-ring (bicyclic) bond motifs is 5. The van der Waals surface area contributed by atoms with Gasteiger partial charge >= 0.3 is 5.97 Å². The van der Waals surface area contributed by atoms with Gasteiger partial charge in [0.25, 0.3) is 0 Å². The second-order valence-electron chi connectivity index (χ2n) is 15.9. The van der Waals surface area contributed by atoms with Gasteiger partial charge in [-0.2, -0.15) is 0 Å². The summed E-state index contributed by atoms with van der Waals surface area (Å²) in [5, 5.41) is 44.4. The van der Waals surface area contributed by atoms with Crippen LogP contribution in [-0.2, 0) is 19.0 Å². The fourth-order valence-electron chi connectivity index (χ4n) is 10.5. The third-order valence-electron chi connectivity index (χ3n) is 12.9. The molecule has 0 spiro atoms. The molecule has 0 amide bonds. The van der Waals surface area contributed by atoms with Crippen molar-refractivity contribution in [2.45, 2.75) is 149 Å². The maximum absolute atomic E-state index is 12.0. The fourth-order valence-corrected chi connectivity index (χ4v) is 10.5. The molecule has 1 aliphatic heterocycles. The Kier molecular flexibility index (Phi) is 9.85. The molecule has 0 bridgehead atoms. The van der Waals surface area contributed by atoms with Crippen LogP contribution in [0.25, 0.3) is 0 Å². The summed E-state index contributed by atoms with van der Waals surface area (Å²) in [5.74, 6) is 1.23. The summed E-state index contributed by atoms with van der Waals surface area (Å²) >= 11 is 0. The van der Waals surface area contributed by atoms with Crippen LogP contribution >= 0.6 is 0 Å². The van der Waals surface area contributed by atoms with Crippen molar-refractivity contribution < 1.29 is 39.4 Å². The van der Waals surface area contributed by atoms with Gasteiger partial charge in [-0.05, 0) is 105 Å². The normalized spacial score (nSPS) is 47.7. The summed E-state index contributed by atoms with van der Waals surface area (Å²) in [5.41, 5.74) is 2.29. The number of allylic oxidation sites excluding steroid dienone is 2. The van der Waals surface area contributed by atoms with Gasteiger partial charge in [-0.3, -0.25) is 4.79 Å². The van der Waals surface area contributed by atoms with Crippen LogP contribution in [0.2, 0.25) is 0 Å². The lowest BCUT2D eigenvalue weighted by atomic mass is 9.46. The highest BCUT2D eigenvalue weighted by atomic mass is 16.7. The molecule has 3 saturated carbocycles. The number of hydrogen-bond acceptors (Lipinski definition) is 8. The van der Waals surface area contributed by atoms with E-state index in [2.05, 4.69) is 47.3 Å². The molecule has 0 aromatic heterocycles. The van der Waals surface area contributed by atoms with Gasteiger partial charge in [-0.1, -0.05) is 58.4 Å². The highest BCUT2D eigenvalue weighted by Crippen LogP contribution is 2.67. The molecule has 0 aromatic rings. The van der Waals surface area contributed by atoms with Crippen LogP contribution in [0.1, 0.15) is 99.8 Å². The Hall–Kier alpha value is -1.29. The minimum atomic E-state index is -1.30. The first kappa shape index (κ1) is 34.1. The molecule has 44 heavy (non-hydrogen) atoms. The van der Waals surface area contributed by atoms with Crippen molar-refractivity contribution in [3.8, 4) is 0 Å². The largest absolute Gasteiger partial charge is 0.454 e. The molecule has 5 aliphatic rings. The van der Waals surface area contributed by atoms with E-state index in [1.165, 1.54) is 18.1 Å². The minimum absolute atomic E-state index is 0.104. The number of carbonyl (C=O) groups is 1. The minimum Gasteiger partial charge on any atom is -0.454 e. The van der Waals surface area contributed by atoms with Gasteiger partial charge in [0.2, 0.25) is 0 Å². The molecule has 4 fully saturated rings. The maximum atomic E-state index is 12.0. The zero-order valence-corrected chi connectivity index (χ0v) is 27.9. The smallest absolute Gasteiger partial charge is 0.303 e. The topological polar surface area (TPSA) is 126 Å². The van der Waals surface area contributed by atoms with Gasteiger partial charge in [0, 0.05) is 6.92 Å². The average Bonchev–Trinajstić information content (AvgIpc) is 3.21. The van der Waals surface area contributed by atoms with Crippen molar-refractivity contribution in [2.24, 2.45) is 46.3 Å². The molecule has 4 aliphatic carbocycles. The summed E-state index contributed by atoms with van der Waals surface area (Å²) in [6.07, 6.45) is 2.83. The molecular formula is C36H58O8. The molecule has 8 heteroatoms. The first-order chi connectivity index (χ1) is 20.6. The van der Waals surface area contributed by atoms with Crippen molar-refractivity contribution in [1.29, 1.82) is 0 Å². The Morgan fingerprint density at radius 3 is 2.50 bits per heavy atom. The van der Waals surface area contributed by atoms with E-state index < -0.39 is 42.8 Å². The van der Waals surface area contributed by atoms with Gasteiger partial charge < -0.3 is 34.6 Å². The van der Waals surface area contributed by atoms with Crippen LogP contribution < -0.4 is 0 Å². The van der Waals surface area contributed by atoms with Gasteiger partial charge in [0.15, 0.2) is 12.4 Å². The van der Waals surface area contributed by atoms with E-state index >= 15 is 0 Å². The molecule has 15 atom stereocenters. The summed E-state index contributed by atoms with van der Waals surface area (Å²) in [4.78, 5) is 11.8. The lowest BCUT2D eigenvalue weighted by Gasteiger charge is -2.60. The Bertz CT molecular complexity index is 1100. The van der Waals surface area contributed by atoms with Gasteiger partial charge in [0.05, 0.1) is 24.4 Å². The van der Waals surface area contributed by atoms with Gasteiger partial charge in [-0.15, -0.1) is 0 Å². The van der Waals surface area contributed by atoms with Crippen LogP contribution in [0.15, 0.2) is 23.8 Å². The van der Waals surface area contributed by atoms with Crippen molar-refractivity contribution in [3.63, 3.8) is 0 Å². The van der Waals surface area contributed by atoms with Crippen molar-refractivity contribution >= 4 is 5.97 Å². The van der Waals surface area contributed by atoms with Crippen LogP contribution in [0.3, 0.4) is 0 Å². The maximum Gasteiger partial charge on any atom is 0.303 e. The summed E-state index contributed by atoms with van der Waals surface area (Å²) < 4.78 is 17.6. The second kappa shape index (κ2) is 12.7. The third kappa shape index (κ3) is 5.97. The zero-order valence-electron chi connectivity index (χ0n) is 27.9. The van der Waals surface area contributed by atoms with E-state index in [4.69, 9.17) is 14.2 Å². The summed E-state index contributed by atoms with van der Waals surface area (Å²) in [6.45, 7) is 18.5. The molecular weight excluding hydrogens is 560 g/mol. The Labute approximate surface area is 264 Å². The molecule has 5 rings (SSSR count). The van der Waals surface area contributed by atoms with E-state index in [0.29, 0.717) is 30.1 Å². The van der Waals surface area contributed by atoms with E-state index in [1.807, 2.05) is 0 Å². The average molecular weight is 619 g/mol. The number of rotatable bonds is 8. The number of ether oxygens (including phenoxy) is 3. The second-order valence-corrected chi connectivity index (χ2v) is 15.9. The molecule has 4 N–H and O–H groups in total. The van der Waals surface area contributed by atoms with Crippen LogP contribution in [0.4, 0.5) is 0 Å². The summed E-state index contributed by atoms with van der Waals surface area (Å²) in [6, 6.07) is 0. The molecule has 0 radical (unpaired) electrons. The first-order valence-corrected chi connectivity index (χ1v) is 17.2. The van der Waals surface area contributed by atoms with E-state index in [-0.39, 0.29) is 34.9 Å². The highest BCUT2D eigenvalue weighted by molar-refractivity contribution is 5.66. The Morgan fingerprint density at radius 2 is 1.84 bits per heavy atom. The Morgan fingerprint density at radius 1 is 1.14 bits per heavy atom. The molecule has 15 unspecified atom stereocenters.